The van der Waals surface area contributed by atoms with Gasteiger partial charge in [0.05, 0.1) is 28.2 Å². The first-order chi connectivity index (χ1) is 17.0. The molecule has 0 aliphatic heterocycles. The van der Waals surface area contributed by atoms with Crippen molar-refractivity contribution in [3.8, 4) is 0 Å². The smallest absolute Gasteiger partial charge is 0.339 e. The molecule has 7 heteroatoms. The van der Waals surface area contributed by atoms with E-state index in [1.54, 1.807) is 37.3 Å². The van der Waals surface area contributed by atoms with Gasteiger partial charge in [0.2, 0.25) is 0 Å². The first kappa shape index (κ1) is 28.0. The molecule has 0 spiro atoms. The Kier molecular flexibility index (Phi) is 12.5. The summed E-state index contributed by atoms with van der Waals surface area (Å²) in [6.07, 6.45) is 11.9. The van der Waals surface area contributed by atoms with Crippen molar-refractivity contribution in [3.05, 3.63) is 74.8 Å². The molecule has 7 nitrogen and oxygen atoms in total. The van der Waals surface area contributed by atoms with Crippen molar-refractivity contribution in [1.82, 2.24) is 0 Å². The van der Waals surface area contributed by atoms with E-state index in [1.165, 1.54) is 57.1 Å². The molecule has 0 aromatic heterocycles. The van der Waals surface area contributed by atoms with Crippen LogP contribution in [0.3, 0.4) is 0 Å². The lowest BCUT2D eigenvalue weighted by Crippen LogP contribution is -2.15. The number of nitrogens with zero attached hydrogens (tertiary/aromatic N) is 1. The largest absolute Gasteiger partial charge is 0.462 e. The zero-order valence-electron chi connectivity index (χ0n) is 20.9. The van der Waals surface area contributed by atoms with E-state index in [-0.39, 0.29) is 23.4 Å². The third-order valence-corrected chi connectivity index (χ3v) is 5.96. The van der Waals surface area contributed by atoms with Gasteiger partial charge in [0.15, 0.2) is 0 Å². The number of carbonyl (C=O) groups is 2. The highest BCUT2D eigenvalue weighted by atomic mass is 16.6. The first-order valence-corrected chi connectivity index (χ1v) is 12.6. The van der Waals surface area contributed by atoms with Crippen molar-refractivity contribution in [3.63, 3.8) is 0 Å². The van der Waals surface area contributed by atoms with Gasteiger partial charge in [-0.2, -0.15) is 0 Å². The zero-order valence-corrected chi connectivity index (χ0v) is 20.9. The van der Waals surface area contributed by atoms with Crippen LogP contribution in [0.1, 0.15) is 103 Å². The molecule has 0 heterocycles. The number of benzene rings is 2. The van der Waals surface area contributed by atoms with Gasteiger partial charge >= 0.3 is 11.9 Å². The van der Waals surface area contributed by atoms with Crippen LogP contribution in [0.25, 0.3) is 0 Å². The standard InChI is InChI=1S/C28H37NO6/c1-3-4-5-6-7-8-9-10-11-14-20-34-27(30)24-18-12-13-19-25(24)28(31)35-21-23-17-15-16-22(2)26(23)29(32)33/h12-13,15-19H,3-11,14,20-21H2,1-2H3. The van der Waals surface area contributed by atoms with Gasteiger partial charge in [0.1, 0.15) is 6.61 Å². The van der Waals surface area contributed by atoms with Crippen molar-refractivity contribution >= 4 is 17.6 Å². The maximum absolute atomic E-state index is 12.7. The minimum Gasteiger partial charge on any atom is -0.462 e. The molecule has 0 fully saturated rings. The van der Waals surface area contributed by atoms with E-state index in [2.05, 4.69) is 6.92 Å². The summed E-state index contributed by atoms with van der Waals surface area (Å²) in [5.41, 5.74) is 0.910. The number of nitro groups is 1. The summed E-state index contributed by atoms with van der Waals surface area (Å²) in [4.78, 5) is 36.1. The van der Waals surface area contributed by atoms with Gasteiger partial charge in [-0.1, -0.05) is 89.0 Å². The fraction of sp³-hybridized carbons (Fsp3) is 0.500. The van der Waals surface area contributed by atoms with E-state index in [1.807, 2.05) is 0 Å². The fourth-order valence-corrected chi connectivity index (χ4v) is 3.99. The maximum Gasteiger partial charge on any atom is 0.339 e. The predicted molar refractivity (Wildman–Crippen MR) is 136 cm³/mol. The molecule has 0 N–H and O–H groups in total. The highest BCUT2D eigenvalue weighted by Crippen LogP contribution is 2.24. The number of carbonyl (C=O) groups excluding carboxylic acids is 2. The molecule has 0 saturated carbocycles. The molecule has 2 rings (SSSR count). The molecule has 0 bridgehead atoms. The van der Waals surface area contributed by atoms with Gasteiger partial charge in [0.25, 0.3) is 5.69 Å². The van der Waals surface area contributed by atoms with Gasteiger partial charge in [-0.15, -0.1) is 0 Å². The van der Waals surface area contributed by atoms with Crippen LogP contribution in [0, 0.1) is 17.0 Å². The van der Waals surface area contributed by atoms with Crippen LogP contribution in [0.15, 0.2) is 42.5 Å². The van der Waals surface area contributed by atoms with Gasteiger partial charge < -0.3 is 9.47 Å². The van der Waals surface area contributed by atoms with Crippen molar-refractivity contribution in [1.29, 1.82) is 0 Å². The van der Waals surface area contributed by atoms with Crippen LogP contribution in [0.4, 0.5) is 5.69 Å². The summed E-state index contributed by atoms with van der Waals surface area (Å²) in [5.74, 6) is -1.30. The summed E-state index contributed by atoms with van der Waals surface area (Å²) in [6, 6.07) is 11.1. The Morgan fingerprint density at radius 2 is 1.31 bits per heavy atom. The lowest BCUT2D eigenvalue weighted by Gasteiger charge is -2.10. The Morgan fingerprint density at radius 1 is 0.771 bits per heavy atom. The molecule has 0 radical (unpaired) electrons. The monoisotopic (exact) mass is 483 g/mol. The molecule has 0 aliphatic carbocycles. The third kappa shape index (κ3) is 9.51. The predicted octanol–water partition coefficient (Wildman–Crippen LogP) is 7.34. The van der Waals surface area contributed by atoms with Gasteiger partial charge in [0, 0.05) is 5.56 Å². The number of rotatable bonds is 16. The second-order valence-corrected chi connectivity index (χ2v) is 8.78. The van der Waals surface area contributed by atoms with Gasteiger partial charge in [-0.25, -0.2) is 9.59 Å². The van der Waals surface area contributed by atoms with Crippen LogP contribution in [0.5, 0.6) is 0 Å². The van der Waals surface area contributed by atoms with Crippen LogP contribution >= 0.6 is 0 Å². The molecule has 2 aromatic rings. The lowest BCUT2D eigenvalue weighted by molar-refractivity contribution is -0.386. The summed E-state index contributed by atoms with van der Waals surface area (Å²) < 4.78 is 10.7. The number of para-hydroxylation sites is 1. The Hall–Kier alpha value is -3.22. The SMILES string of the molecule is CCCCCCCCCCCCOC(=O)c1ccccc1C(=O)OCc1cccc(C)c1[N+](=O)[O-]. The Labute approximate surface area is 208 Å². The van der Waals surface area contributed by atoms with Crippen LogP contribution in [0.2, 0.25) is 0 Å². The summed E-state index contributed by atoms with van der Waals surface area (Å²) in [5, 5.41) is 11.4. The summed E-state index contributed by atoms with van der Waals surface area (Å²) in [7, 11) is 0. The molecule has 0 saturated heterocycles. The molecule has 0 atom stereocenters. The van der Waals surface area contributed by atoms with Crippen molar-refractivity contribution < 1.29 is 24.0 Å². The topological polar surface area (TPSA) is 95.7 Å². The molecule has 190 valence electrons. The number of ether oxygens (including phenoxy) is 2. The quantitative estimate of drug-likeness (QED) is 0.107. The van der Waals surface area contributed by atoms with Gasteiger partial charge in [-0.05, 0) is 31.5 Å². The lowest BCUT2D eigenvalue weighted by atomic mass is 10.1. The zero-order chi connectivity index (χ0) is 25.5. The highest BCUT2D eigenvalue weighted by molar-refractivity contribution is 6.03. The second-order valence-electron chi connectivity index (χ2n) is 8.78. The van der Waals surface area contributed by atoms with E-state index in [0.29, 0.717) is 17.7 Å². The molecule has 2 aromatic carbocycles. The Bertz CT molecular complexity index is 972. The second kappa shape index (κ2) is 15.6. The highest BCUT2D eigenvalue weighted by Gasteiger charge is 2.21. The van der Waals surface area contributed by atoms with E-state index in [9.17, 15) is 19.7 Å². The first-order valence-electron chi connectivity index (χ1n) is 12.6. The average molecular weight is 484 g/mol. The molecule has 0 aliphatic rings. The number of hydrogen-bond donors (Lipinski definition) is 0. The minimum atomic E-state index is -0.729. The number of nitro benzene ring substituents is 1. The molecule has 0 unspecified atom stereocenters. The molecule has 35 heavy (non-hydrogen) atoms. The number of aryl methyl sites for hydroxylation is 1. The Morgan fingerprint density at radius 3 is 1.89 bits per heavy atom. The number of unbranched alkanes of at least 4 members (excludes halogenated alkanes) is 9. The molecule has 0 amide bonds. The van der Waals surface area contributed by atoms with Crippen molar-refractivity contribution in [2.45, 2.75) is 84.7 Å². The van der Waals surface area contributed by atoms with Crippen molar-refractivity contribution in [2.24, 2.45) is 0 Å². The third-order valence-electron chi connectivity index (χ3n) is 5.96. The summed E-state index contributed by atoms with van der Waals surface area (Å²) in [6.45, 7) is 3.88. The average Bonchev–Trinajstić information content (AvgIpc) is 2.85. The Balaban J connectivity index is 1.79. The van der Waals surface area contributed by atoms with Crippen LogP contribution in [-0.2, 0) is 16.1 Å². The van der Waals surface area contributed by atoms with Crippen LogP contribution < -0.4 is 0 Å². The van der Waals surface area contributed by atoms with E-state index in [0.717, 1.165) is 19.3 Å². The maximum atomic E-state index is 12.7. The van der Waals surface area contributed by atoms with Crippen LogP contribution in [-0.4, -0.2) is 23.5 Å². The van der Waals surface area contributed by atoms with Gasteiger partial charge in [-0.3, -0.25) is 10.1 Å². The fourth-order valence-electron chi connectivity index (χ4n) is 3.99. The minimum absolute atomic E-state index is 0.0792. The normalized spacial score (nSPS) is 10.7. The molecular weight excluding hydrogens is 446 g/mol. The van der Waals surface area contributed by atoms with E-state index >= 15 is 0 Å². The number of esters is 2. The summed E-state index contributed by atoms with van der Waals surface area (Å²) >= 11 is 0. The number of hydrogen-bond acceptors (Lipinski definition) is 6. The van der Waals surface area contributed by atoms with Crippen molar-refractivity contribution in [2.75, 3.05) is 6.61 Å². The van der Waals surface area contributed by atoms with E-state index in [4.69, 9.17) is 9.47 Å². The molecular formula is C28H37NO6. The van der Waals surface area contributed by atoms with E-state index < -0.39 is 16.9 Å².